The van der Waals surface area contributed by atoms with Crippen molar-refractivity contribution in [1.82, 2.24) is 5.06 Å². The minimum Gasteiger partial charge on any atom is -0.284 e. The van der Waals surface area contributed by atoms with Gasteiger partial charge in [0, 0.05) is 6.20 Å². The Hall–Kier alpha value is -2.25. The molecule has 0 radical (unpaired) electrons. The lowest BCUT2D eigenvalue weighted by Crippen LogP contribution is -2.12. The quantitative estimate of drug-likeness (QED) is 0.854. The molecule has 1 N–H and O–H groups in total. The topological polar surface area (TPSA) is 82.3 Å². The summed E-state index contributed by atoms with van der Waals surface area (Å²) in [5.41, 5.74) is 2.92. The van der Waals surface area contributed by atoms with E-state index in [9.17, 15) is 13.6 Å². The summed E-state index contributed by atoms with van der Waals surface area (Å²) in [5.74, 6) is 0. The van der Waals surface area contributed by atoms with E-state index in [1.54, 1.807) is 51.1 Å². The summed E-state index contributed by atoms with van der Waals surface area (Å²) in [6.07, 6.45) is 6.40. The zero-order chi connectivity index (χ0) is 17.2. The van der Waals surface area contributed by atoms with E-state index in [0.717, 1.165) is 10.6 Å². The first-order chi connectivity index (χ1) is 10.7. The lowest BCUT2D eigenvalue weighted by atomic mass is 10.1. The van der Waals surface area contributed by atoms with E-state index in [2.05, 4.69) is 9.63 Å². The maximum Gasteiger partial charge on any atom is 0.300 e. The van der Waals surface area contributed by atoms with E-state index in [-0.39, 0.29) is 4.90 Å². The average molecular weight is 333 g/mol. The van der Waals surface area contributed by atoms with E-state index in [1.165, 1.54) is 6.20 Å². The van der Waals surface area contributed by atoms with Crippen molar-refractivity contribution in [3.8, 4) is 0 Å². The third-order valence-electron chi connectivity index (χ3n) is 3.37. The molecule has 0 atom stereocenters. The molecule has 6 nitrogen and oxygen atoms in total. The first-order valence-electron chi connectivity index (χ1n) is 7.02. The van der Waals surface area contributed by atoms with Crippen molar-refractivity contribution >= 4 is 10.0 Å². The summed E-state index contributed by atoms with van der Waals surface area (Å²) in [6.45, 7) is 6.96. The van der Waals surface area contributed by atoms with Gasteiger partial charge in [-0.3, -0.25) is 5.21 Å². The molecule has 23 heavy (non-hydrogen) atoms. The van der Waals surface area contributed by atoms with Gasteiger partial charge >= 0.3 is 0 Å². The van der Waals surface area contributed by atoms with Gasteiger partial charge in [0.25, 0.3) is 10.0 Å². The molecule has 1 heterocycles. The molecule has 1 aromatic carbocycles. The fourth-order valence-electron chi connectivity index (χ4n) is 2.50. The summed E-state index contributed by atoms with van der Waals surface area (Å²) < 4.78 is 28.5. The summed E-state index contributed by atoms with van der Waals surface area (Å²) >= 11 is 0. The minimum absolute atomic E-state index is 0.171. The Morgan fingerprint density at radius 1 is 1.13 bits per heavy atom. The van der Waals surface area contributed by atoms with Gasteiger partial charge in [-0.05, 0) is 51.0 Å². The SMILES string of the molecule is C/C(N=NS(=O)(=O)c1c(C)cc(C)cc1C)=C1/C=CC=CN1O. The number of benzene rings is 1. The van der Waals surface area contributed by atoms with Gasteiger partial charge in [-0.1, -0.05) is 28.3 Å². The number of sulfonamides is 1. The van der Waals surface area contributed by atoms with Gasteiger partial charge in [-0.15, -0.1) is 5.11 Å². The minimum atomic E-state index is -3.91. The maximum atomic E-state index is 12.5. The molecule has 0 aliphatic carbocycles. The van der Waals surface area contributed by atoms with Gasteiger partial charge in [0.2, 0.25) is 0 Å². The second kappa shape index (κ2) is 6.47. The van der Waals surface area contributed by atoms with Gasteiger partial charge in [0.15, 0.2) is 0 Å². The van der Waals surface area contributed by atoms with Gasteiger partial charge in [-0.25, -0.2) is 5.06 Å². The molecule has 0 spiro atoms. The van der Waals surface area contributed by atoms with Crippen LogP contribution in [-0.4, -0.2) is 18.7 Å². The lowest BCUT2D eigenvalue weighted by Gasteiger charge is -2.16. The third kappa shape index (κ3) is 3.75. The van der Waals surface area contributed by atoms with E-state index < -0.39 is 10.0 Å². The van der Waals surface area contributed by atoms with Crippen LogP contribution in [0, 0.1) is 20.8 Å². The molecule has 1 aromatic rings. The Morgan fingerprint density at radius 2 is 1.74 bits per heavy atom. The van der Waals surface area contributed by atoms with Crippen molar-refractivity contribution in [1.29, 1.82) is 0 Å². The van der Waals surface area contributed by atoms with E-state index in [0.29, 0.717) is 22.5 Å². The normalized spacial score (nSPS) is 17.2. The van der Waals surface area contributed by atoms with Crippen LogP contribution in [0.25, 0.3) is 0 Å². The summed E-state index contributed by atoms with van der Waals surface area (Å²) in [7, 11) is -3.91. The highest BCUT2D eigenvalue weighted by atomic mass is 32.2. The van der Waals surface area contributed by atoms with Gasteiger partial charge in [0.05, 0.1) is 16.3 Å². The van der Waals surface area contributed by atoms with E-state index in [4.69, 9.17) is 0 Å². The molecule has 0 amide bonds. The first-order valence-corrected chi connectivity index (χ1v) is 8.46. The zero-order valence-corrected chi connectivity index (χ0v) is 14.3. The molecule has 0 saturated carbocycles. The monoisotopic (exact) mass is 333 g/mol. The van der Waals surface area contributed by atoms with Crippen molar-refractivity contribution in [2.45, 2.75) is 32.6 Å². The molecule has 0 aromatic heterocycles. The first kappa shape index (κ1) is 17.1. The van der Waals surface area contributed by atoms with Crippen molar-refractivity contribution in [2.75, 3.05) is 0 Å². The second-order valence-corrected chi connectivity index (χ2v) is 6.92. The van der Waals surface area contributed by atoms with Crippen molar-refractivity contribution in [3.05, 3.63) is 64.6 Å². The Balaban J connectivity index is 2.41. The highest BCUT2D eigenvalue weighted by Crippen LogP contribution is 2.25. The number of hydrogen-bond acceptors (Lipinski definition) is 5. The van der Waals surface area contributed by atoms with Crippen molar-refractivity contribution in [3.63, 3.8) is 0 Å². The fraction of sp³-hybridized carbons (Fsp3) is 0.250. The van der Waals surface area contributed by atoms with Crippen LogP contribution in [0.2, 0.25) is 0 Å². The zero-order valence-electron chi connectivity index (χ0n) is 13.5. The molecule has 0 fully saturated rings. The number of nitrogens with zero attached hydrogens (tertiary/aromatic N) is 3. The summed E-state index contributed by atoms with van der Waals surface area (Å²) in [4.78, 5) is 0.171. The average Bonchev–Trinajstić information content (AvgIpc) is 2.44. The van der Waals surface area contributed by atoms with Crippen molar-refractivity contribution in [2.24, 2.45) is 9.63 Å². The lowest BCUT2D eigenvalue weighted by molar-refractivity contribution is -0.00148. The molecule has 0 bridgehead atoms. The molecule has 122 valence electrons. The van der Waals surface area contributed by atoms with Crippen LogP contribution in [0.15, 0.2) is 62.5 Å². The fourth-order valence-corrected chi connectivity index (χ4v) is 3.74. The Kier molecular flexibility index (Phi) is 4.82. The standard InChI is InChI=1S/C16H19N3O3S/c1-11-9-12(2)16(13(3)10-11)23(21,22)18-17-14(4)15-7-5-6-8-19(15)20/h5-10,20H,1-4H3/b15-14+,18-17?. The van der Waals surface area contributed by atoms with Gasteiger partial charge in [-0.2, -0.15) is 8.42 Å². The number of hydrogen-bond donors (Lipinski definition) is 1. The van der Waals surface area contributed by atoms with Crippen LogP contribution in [0.4, 0.5) is 0 Å². The van der Waals surface area contributed by atoms with Crippen LogP contribution in [0.5, 0.6) is 0 Å². The molecule has 1 aliphatic rings. The van der Waals surface area contributed by atoms with Gasteiger partial charge in [0.1, 0.15) is 0 Å². The molecular weight excluding hydrogens is 314 g/mol. The second-order valence-electron chi connectivity index (χ2n) is 5.40. The van der Waals surface area contributed by atoms with Gasteiger partial charge < -0.3 is 0 Å². The van der Waals surface area contributed by atoms with Crippen LogP contribution in [-0.2, 0) is 10.0 Å². The highest BCUT2D eigenvalue weighted by molar-refractivity contribution is 7.90. The van der Waals surface area contributed by atoms with E-state index >= 15 is 0 Å². The summed E-state index contributed by atoms with van der Waals surface area (Å²) in [5, 5.41) is 14.3. The van der Waals surface area contributed by atoms with Crippen molar-refractivity contribution < 1.29 is 13.6 Å². The Bertz CT molecular complexity index is 826. The Labute approximate surface area is 136 Å². The van der Waals surface area contributed by atoms with Crippen LogP contribution in [0.3, 0.4) is 0 Å². The predicted octanol–water partition coefficient (Wildman–Crippen LogP) is 3.76. The molecule has 0 unspecified atom stereocenters. The molecule has 7 heteroatoms. The number of hydroxylamine groups is 2. The van der Waals surface area contributed by atoms with E-state index in [1.807, 2.05) is 6.92 Å². The largest absolute Gasteiger partial charge is 0.300 e. The molecular formula is C16H19N3O3S. The highest BCUT2D eigenvalue weighted by Gasteiger charge is 2.19. The molecule has 2 rings (SSSR count). The summed E-state index contributed by atoms with van der Waals surface area (Å²) in [6, 6.07) is 3.59. The third-order valence-corrected chi connectivity index (χ3v) is 4.83. The number of rotatable bonds is 3. The Morgan fingerprint density at radius 3 is 2.30 bits per heavy atom. The smallest absolute Gasteiger partial charge is 0.284 e. The van der Waals surface area contributed by atoms with Crippen LogP contribution < -0.4 is 0 Å². The van der Waals surface area contributed by atoms with Crippen LogP contribution >= 0.6 is 0 Å². The maximum absolute atomic E-state index is 12.5. The number of allylic oxidation sites excluding steroid dienone is 4. The van der Waals surface area contributed by atoms with Crippen LogP contribution in [0.1, 0.15) is 23.6 Å². The molecule has 1 aliphatic heterocycles. The molecule has 0 saturated heterocycles. The predicted molar refractivity (Wildman–Crippen MR) is 87.3 cm³/mol. The number of aryl methyl sites for hydroxylation is 3.